The molecule has 2 saturated heterocycles. The van der Waals surface area contributed by atoms with Crippen LogP contribution in [0.2, 0.25) is 0 Å². The maximum absolute atomic E-state index is 12.7. The van der Waals surface area contributed by atoms with Crippen LogP contribution in [0.4, 0.5) is 0 Å². The molecule has 2 atom stereocenters. The van der Waals surface area contributed by atoms with Gasteiger partial charge >= 0.3 is 0 Å². The third-order valence-electron chi connectivity index (χ3n) is 5.38. The second-order valence-corrected chi connectivity index (χ2v) is 6.86. The van der Waals surface area contributed by atoms with Crippen LogP contribution in [-0.2, 0) is 11.2 Å². The summed E-state index contributed by atoms with van der Waals surface area (Å²) in [5, 5.41) is 5.99. The van der Waals surface area contributed by atoms with E-state index in [9.17, 15) is 4.79 Å². The Hall–Kier alpha value is -1.87. The number of amides is 1. The van der Waals surface area contributed by atoms with E-state index in [1.54, 1.807) is 0 Å². The third-order valence-corrected chi connectivity index (χ3v) is 5.38. The summed E-state index contributed by atoms with van der Waals surface area (Å²) in [5.74, 6) is 0.342. The molecule has 2 fully saturated rings. The van der Waals surface area contributed by atoms with Crippen molar-refractivity contribution in [3.8, 4) is 0 Å². The van der Waals surface area contributed by atoms with Gasteiger partial charge in [0.25, 0.3) is 0 Å². The SMILES string of the molecule is O=C(CCc1ccc2ccccc2c1)N1C2CCNCC1CC2. The number of hydrogen-bond donors (Lipinski definition) is 1. The minimum Gasteiger partial charge on any atom is -0.335 e. The molecule has 2 aliphatic rings. The molecule has 1 amide bonds. The molecule has 3 heteroatoms. The van der Waals surface area contributed by atoms with E-state index in [4.69, 9.17) is 0 Å². The predicted molar refractivity (Wildman–Crippen MR) is 93.4 cm³/mol. The Morgan fingerprint density at radius 3 is 2.78 bits per heavy atom. The quantitative estimate of drug-likeness (QED) is 0.945. The van der Waals surface area contributed by atoms with Crippen molar-refractivity contribution in [1.82, 2.24) is 10.2 Å². The molecule has 0 saturated carbocycles. The van der Waals surface area contributed by atoms with E-state index in [-0.39, 0.29) is 0 Å². The first-order valence-corrected chi connectivity index (χ1v) is 8.81. The maximum atomic E-state index is 12.7. The van der Waals surface area contributed by atoms with Crippen molar-refractivity contribution in [3.63, 3.8) is 0 Å². The molecule has 120 valence electrons. The Kier molecular flexibility index (Phi) is 4.04. The van der Waals surface area contributed by atoms with Crippen molar-refractivity contribution in [2.45, 2.75) is 44.2 Å². The maximum Gasteiger partial charge on any atom is 0.223 e. The Morgan fingerprint density at radius 2 is 1.87 bits per heavy atom. The van der Waals surface area contributed by atoms with Gasteiger partial charge in [0.05, 0.1) is 0 Å². The number of nitrogens with zero attached hydrogens (tertiary/aromatic N) is 1. The largest absolute Gasteiger partial charge is 0.335 e. The number of carbonyl (C=O) groups is 1. The normalized spacial score (nSPS) is 23.9. The van der Waals surface area contributed by atoms with Gasteiger partial charge in [0.1, 0.15) is 0 Å². The zero-order chi connectivity index (χ0) is 15.6. The second-order valence-electron chi connectivity index (χ2n) is 6.86. The van der Waals surface area contributed by atoms with Gasteiger partial charge in [-0.3, -0.25) is 4.79 Å². The number of benzene rings is 2. The van der Waals surface area contributed by atoms with E-state index in [1.807, 2.05) is 0 Å². The molecule has 23 heavy (non-hydrogen) atoms. The molecule has 4 rings (SSSR count). The molecule has 2 heterocycles. The average Bonchev–Trinajstić information content (AvgIpc) is 2.85. The molecule has 2 aliphatic heterocycles. The number of rotatable bonds is 3. The van der Waals surface area contributed by atoms with E-state index < -0.39 is 0 Å². The summed E-state index contributed by atoms with van der Waals surface area (Å²) >= 11 is 0. The minimum absolute atomic E-state index is 0.342. The van der Waals surface area contributed by atoms with Gasteiger partial charge in [-0.15, -0.1) is 0 Å². The predicted octanol–water partition coefficient (Wildman–Crippen LogP) is 3.13. The highest BCUT2D eigenvalue weighted by Gasteiger charge is 2.37. The lowest BCUT2D eigenvalue weighted by molar-refractivity contribution is -0.133. The lowest BCUT2D eigenvalue weighted by atomic mass is 10.0. The Bertz CT molecular complexity index is 698. The average molecular weight is 308 g/mol. The molecule has 2 unspecified atom stereocenters. The van der Waals surface area contributed by atoms with Crippen LogP contribution < -0.4 is 5.32 Å². The van der Waals surface area contributed by atoms with Gasteiger partial charge < -0.3 is 10.2 Å². The van der Waals surface area contributed by atoms with Crippen LogP contribution in [0.3, 0.4) is 0 Å². The summed E-state index contributed by atoms with van der Waals surface area (Å²) in [7, 11) is 0. The molecule has 0 radical (unpaired) electrons. The molecule has 0 spiro atoms. The molecule has 3 nitrogen and oxygen atoms in total. The van der Waals surface area contributed by atoms with Gasteiger partial charge in [0.2, 0.25) is 5.91 Å². The number of nitrogens with one attached hydrogen (secondary N) is 1. The summed E-state index contributed by atoms with van der Waals surface area (Å²) in [6.45, 7) is 2.02. The highest BCUT2D eigenvalue weighted by molar-refractivity contribution is 5.83. The Morgan fingerprint density at radius 1 is 1.04 bits per heavy atom. The van der Waals surface area contributed by atoms with Crippen molar-refractivity contribution in [1.29, 1.82) is 0 Å². The highest BCUT2D eigenvalue weighted by Crippen LogP contribution is 2.29. The minimum atomic E-state index is 0.342. The monoisotopic (exact) mass is 308 g/mol. The molecule has 2 aromatic carbocycles. The van der Waals surface area contributed by atoms with Crippen molar-refractivity contribution in [2.24, 2.45) is 0 Å². The topological polar surface area (TPSA) is 32.3 Å². The van der Waals surface area contributed by atoms with Crippen LogP contribution in [0.5, 0.6) is 0 Å². The molecular weight excluding hydrogens is 284 g/mol. The summed E-state index contributed by atoms with van der Waals surface area (Å²) in [6, 6.07) is 15.8. The fourth-order valence-corrected chi connectivity index (χ4v) is 4.16. The molecule has 1 N–H and O–H groups in total. The molecule has 2 bridgehead atoms. The van der Waals surface area contributed by atoms with E-state index in [1.165, 1.54) is 29.2 Å². The molecule has 0 aliphatic carbocycles. The Balaban J connectivity index is 1.44. The molecular formula is C20H24N2O. The number of carbonyl (C=O) groups excluding carboxylic acids is 1. The van der Waals surface area contributed by atoms with Gasteiger partial charge in [0.15, 0.2) is 0 Å². The molecule has 0 aromatic heterocycles. The van der Waals surface area contributed by atoms with Crippen LogP contribution in [-0.4, -0.2) is 36.0 Å². The van der Waals surface area contributed by atoms with Crippen LogP contribution in [0, 0.1) is 0 Å². The van der Waals surface area contributed by atoms with Gasteiger partial charge in [-0.25, -0.2) is 0 Å². The number of fused-ring (bicyclic) bond motifs is 3. The van der Waals surface area contributed by atoms with Crippen LogP contribution in [0.25, 0.3) is 10.8 Å². The van der Waals surface area contributed by atoms with Crippen molar-refractivity contribution >= 4 is 16.7 Å². The van der Waals surface area contributed by atoms with Gasteiger partial charge in [-0.1, -0.05) is 42.5 Å². The lowest BCUT2D eigenvalue weighted by Gasteiger charge is -2.28. The smallest absolute Gasteiger partial charge is 0.223 e. The first-order chi connectivity index (χ1) is 11.3. The van der Waals surface area contributed by atoms with E-state index in [0.29, 0.717) is 24.4 Å². The first kappa shape index (κ1) is 14.7. The first-order valence-electron chi connectivity index (χ1n) is 8.81. The van der Waals surface area contributed by atoms with Gasteiger partial charge in [0, 0.05) is 25.0 Å². The van der Waals surface area contributed by atoms with Gasteiger partial charge in [-0.2, -0.15) is 0 Å². The lowest BCUT2D eigenvalue weighted by Crippen LogP contribution is -2.42. The summed E-state index contributed by atoms with van der Waals surface area (Å²) in [6.07, 6.45) is 4.93. The zero-order valence-electron chi connectivity index (χ0n) is 13.5. The van der Waals surface area contributed by atoms with Crippen molar-refractivity contribution in [3.05, 3.63) is 48.0 Å². The molecule has 2 aromatic rings. The van der Waals surface area contributed by atoms with E-state index >= 15 is 0 Å². The van der Waals surface area contributed by atoms with E-state index in [0.717, 1.165) is 25.9 Å². The fraction of sp³-hybridized carbons (Fsp3) is 0.450. The van der Waals surface area contributed by atoms with Crippen LogP contribution in [0.15, 0.2) is 42.5 Å². The Labute approximate surface area is 137 Å². The summed E-state index contributed by atoms with van der Waals surface area (Å²) < 4.78 is 0. The van der Waals surface area contributed by atoms with Crippen LogP contribution in [0.1, 0.15) is 31.2 Å². The van der Waals surface area contributed by atoms with Crippen LogP contribution >= 0.6 is 0 Å². The summed E-state index contributed by atoms with van der Waals surface area (Å²) in [5.41, 5.74) is 1.26. The second kappa shape index (κ2) is 6.32. The number of aryl methyl sites for hydroxylation is 1. The van der Waals surface area contributed by atoms with Gasteiger partial charge in [-0.05, 0) is 48.6 Å². The standard InChI is InChI=1S/C20H24N2O/c23-20(22-18-8-9-19(22)14-21-12-11-18)10-6-15-5-7-16-3-1-2-4-17(16)13-15/h1-5,7,13,18-19,21H,6,8-12,14H2. The van der Waals surface area contributed by atoms with E-state index in [2.05, 4.69) is 52.7 Å². The zero-order valence-corrected chi connectivity index (χ0v) is 13.5. The third kappa shape index (κ3) is 2.98. The number of hydrogen-bond acceptors (Lipinski definition) is 2. The summed E-state index contributed by atoms with van der Waals surface area (Å²) in [4.78, 5) is 14.9. The van der Waals surface area contributed by atoms with Crippen molar-refractivity contribution < 1.29 is 4.79 Å². The van der Waals surface area contributed by atoms with Crippen molar-refractivity contribution in [2.75, 3.05) is 13.1 Å². The highest BCUT2D eigenvalue weighted by atomic mass is 16.2. The fourth-order valence-electron chi connectivity index (χ4n) is 4.16.